The second-order valence-corrected chi connectivity index (χ2v) is 65.1. The third-order valence-electron chi connectivity index (χ3n) is 14.2. The fourth-order valence-corrected chi connectivity index (χ4v) is 154. The van der Waals surface area contributed by atoms with Crippen LogP contribution in [-0.4, -0.2) is 69.1 Å². The molecule has 0 spiro atoms. The molecule has 8 fully saturated rings. The molecule has 0 aliphatic carbocycles. The minimum absolute atomic E-state index is 0.183. The van der Waals surface area contributed by atoms with Gasteiger partial charge in [-0.05, 0) is 0 Å². The second kappa shape index (κ2) is 11.1. The molecule has 2 unspecified atom stereocenters. The van der Waals surface area contributed by atoms with E-state index < -0.39 is 11.0 Å². The van der Waals surface area contributed by atoms with Crippen LogP contribution in [0.5, 0.6) is 0 Å². The average Bonchev–Trinajstić information content (AvgIpc) is 3.24. The summed E-state index contributed by atoms with van der Waals surface area (Å²) in [4.78, 5) is 2.26. The van der Waals surface area contributed by atoms with Crippen LogP contribution >= 0.6 is 73.8 Å². The van der Waals surface area contributed by atoms with Crippen LogP contribution in [0.1, 0.15) is 166 Å². The summed E-state index contributed by atoms with van der Waals surface area (Å²) in [7, 11) is 6.97. The predicted octanol–water partition coefficient (Wildman–Crippen LogP) is 17.8. The predicted molar refractivity (Wildman–Crippen MR) is 266 cm³/mol. The molecule has 0 radical (unpaired) electrons. The van der Waals surface area contributed by atoms with Crippen molar-refractivity contribution in [2.45, 2.75) is 195 Å². The number of rotatable bonds is 0. The van der Waals surface area contributed by atoms with Gasteiger partial charge in [0.2, 0.25) is 0 Å². The fraction of sp³-hybridized carbons (Fsp3) is 0.950. The van der Waals surface area contributed by atoms with Crippen molar-refractivity contribution < 1.29 is 0 Å². The van der Waals surface area contributed by atoms with E-state index in [-0.39, 0.29) is 29.8 Å². The van der Waals surface area contributed by atoms with E-state index in [0.29, 0.717) is 72.2 Å². The van der Waals surface area contributed by atoms with Crippen molar-refractivity contribution in [1.29, 1.82) is 0 Å². The molecule has 0 N–H and O–H groups in total. The molecule has 10 heterocycles. The Morgan fingerprint density at radius 1 is 0.423 bits per heavy atom. The zero-order chi connectivity index (χ0) is 40.3. The topological polar surface area (TPSA) is 0 Å². The summed E-state index contributed by atoms with van der Waals surface area (Å²) in [5, 5.41) is 3.97. The van der Waals surface area contributed by atoms with E-state index in [1.807, 2.05) is 10.1 Å². The van der Waals surface area contributed by atoms with Crippen molar-refractivity contribution in [2.75, 3.05) is 0 Å². The van der Waals surface area contributed by atoms with Crippen LogP contribution in [-0.2, 0) is 0 Å². The number of hydrogen-bond donors (Lipinski definition) is 0. The Morgan fingerprint density at radius 2 is 0.673 bits per heavy atom. The first-order valence-electron chi connectivity index (χ1n) is 19.8. The summed E-state index contributed by atoms with van der Waals surface area (Å²) in [6, 6.07) is 0. The van der Waals surface area contributed by atoms with Crippen molar-refractivity contribution in [3.63, 3.8) is 0 Å². The zero-order valence-electron chi connectivity index (χ0n) is 37.4. The van der Waals surface area contributed by atoms with Crippen molar-refractivity contribution in [3.8, 4) is 0 Å². The molecule has 0 aromatic rings. The van der Waals surface area contributed by atoms with Crippen molar-refractivity contribution in [1.82, 2.24) is 0 Å². The van der Waals surface area contributed by atoms with Crippen molar-refractivity contribution >= 4 is 114 Å². The van der Waals surface area contributed by atoms with E-state index in [2.05, 4.69) is 196 Å². The first kappa shape index (κ1) is 44.9. The molecule has 0 aromatic carbocycles. The van der Waals surface area contributed by atoms with Gasteiger partial charge >= 0.3 is 352 Å². The van der Waals surface area contributed by atoms with Crippen molar-refractivity contribution in [2.24, 2.45) is 43.3 Å². The van der Waals surface area contributed by atoms with Crippen LogP contribution in [0.15, 0.2) is 0 Å². The van der Waals surface area contributed by atoms with E-state index in [1.54, 1.807) is 16.4 Å². The zero-order valence-corrected chi connectivity index (χ0v) is 50.0. The molecule has 0 saturated carbocycles. The van der Waals surface area contributed by atoms with Gasteiger partial charge in [-0.3, -0.25) is 0 Å². The molecule has 12 heteroatoms. The standard InChI is InChI=1S/2C20H37P5Se/c2*1-14(2,3)13-21-18(15(4,5)6)19(16(7,8)9)22-24-20(23(18)24,17(10,11)12)25(13,19)26/h2*22H,1-12H3/t2*18-,19-,20+,23+,24+,25+/m11/s1. The molecule has 10 rings (SSSR count). The second-order valence-electron chi connectivity index (χ2n) is 25.6. The van der Waals surface area contributed by atoms with Crippen LogP contribution in [0.2, 0.25) is 0 Å². The molecular weight excluding hydrogens is 948 g/mol. The summed E-state index contributed by atoms with van der Waals surface area (Å²) in [5.74, 6) is 0. The van der Waals surface area contributed by atoms with Gasteiger partial charge in [0, 0.05) is 0 Å². The van der Waals surface area contributed by atoms with Gasteiger partial charge in [-0.2, -0.15) is 0 Å². The van der Waals surface area contributed by atoms with Crippen LogP contribution in [0, 0.1) is 43.3 Å². The van der Waals surface area contributed by atoms with E-state index in [9.17, 15) is 0 Å². The van der Waals surface area contributed by atoms with Crippen molar-refractivity contribution in [3.05, 3.63) is 0 Å². The third-order valence-corrected chi connectivity index (χ3v) is 97.0. The molecular formula is C40H74P10Se2. The Kier molecular flexibility index (Phi) is 9.59. The molecule has 12 bridgehead atoms. The van der Waals surface area contributed by atoms with Crippen LogP contribution in [0.3, 0.4) is 0 Å². The molecule has 10 aliphatic heterocycles. The van der Waals surface area contributed by atoms with E-state index in [0.717, 1.165) is 0 Å². The molecule has 8 saturated heterocycles. The molecule has 14 atom stereocenters. The Morgan fingerprint density at radius 3 is 0.827 bits per heavy atom. The van der Waals surface area contributed by atoms with Gasteiger partial charge in [0.1, 0.15) is 0 Å². The van der Waals surface area contributed by atoms with E-state index in [4.69, 9.17) is 0 Å². The van der Waals surface area contributed by atoms with Gasteiger partial charge in [0.15, 0.2) is 0 Å². The monoisotopic (exact) mass is 1020 g/mol. The minimum atomic E-state index is -1.31. The number of hydrogen-bond acceptors (Lipinski definition) is 0. The van der Waals surface area contributed by atoms with Gasteiger partial charge in [-0.25, -0.2) is 0 Å². The third kappa shape index (κ3) is 4.10. The van der Waals surface area contributed by atoms with Crippen LogP contribution in [0.25, 0.3) is 0 Å². The summed E-state index contributed by atoms with van der Waals surface area (Å²) in [5.41, 5.74) is 0.589. The van der Waals surface area contributed by atoms with E-state index in [1.165, 1.54) is 16.5 Å². The van der Waals surface area contributed by atoms with E-state index >= 15 is 0 Å². The SMILES string of the molecule is CC(C)(C)C1=P[C@]2(C(C)(C)C)[P@]3[P@]4P[C@]2(C(C)(C)C)[P@]1(=[Se])[C@@]34C(C)(C)C.CC(C)(C)C1=P[C@]2(C(C)(C)C)[P@]3[P@]4P[C@]2(C(C)(C)C)[P@]1(=[Se])[C@@]34C(C)(C)C. The van der Waals surface area contributed by atoms with Crippen LogP contribution < -0.4 is 0 Å². The molecule has 296 valence electrons. The maximum absolute atomic E-state index is 4.18. The Hall–Kier alpha value is 4.82. The maximum atomic E-state index is 4.18. The average molecular weight is 1020 g/mol. The molecule has 52 heavy (non-hydrogen) atoms. The molecule has 10 aliphatic rings. The molecule has 0 amide bonds. The van der Waals surface area contributed by atoms with Crippen LogP contribution in [0.4, 0.5) is 0 Å². The first-order valence-corrected chi connectivity index (χ1v) is 40.1. The Balaban J connectivity index is 0.000000162. The summed E-state index contributed by atoms with van der Waals surface area (Å²) in [6.45, 7) is 62.2. The van der Waals surface area contributed by atoms with Gasteiger partial charge in [-0.15, -0.1) is 0 Å². The van der Waals surface area contributed by atoms with Gasteiger partial charge in [0.25, 0.3) is 0 Å². The summed E-state index contributed by atoms with van der Waals surface area (Å²) < 4.78 is 1.41. The summed E-state index contributed by atoms with van der Waals surface area (Å²) >= 11 is 8.36. The normalized spacial score (nSPS) is 51.2. The Labute approximate surface area is 349 Å². The first-order chi connectivity index (χ1) is 22.6. The fourth-order valence-electron chi connectivity index (χ4n) is 13.0. The van der Waals surface area contributed by atoms with Gasteiger partial charge in [-0.1, -0.05) is 0 Å². The quantitative estimate of drug-likeness (QED) is 0.168. The molecule has 0 nitrogen and oxygen atoms in total. The molecule has 0 aromatic heterocycles. The summed E-state index contributed by atoms with van der Waals surface area (Å²) in [6.07, 6.45) is 0. The Bertz CT molecular complexity index is 1710. The van der Waals surface area contributed by atoms with Gasteiger partial charge in [0.05, 0.1) is 0 Å². The van der Waals surface area contributed by atoms with Gasteiger partial charge < -0.3 is 0 Å².